The average molecular weight is 453 g/mol. The second-order valence-electron chi connectivity index (χ2n) is 9.02. The molecule has 6 heteroatoms. The third-order valence-electron chi connectivity index (χ3n) is 6.95. The number of halogens is 3. The molecule has 0 amide bonds. The van der Waals surface area contributed by atoms with E-state index in [1.165, 1.54) is 30.3 Å². The lowest BCUT2D eigenvalue weighted by Crippen LogP contribution is -2.45. The van der Waals surface area contributed by atoms with Crippen molar-refractivity contribution in [3.63, 3.8) is 0 Å². The van der Waals surface area contributed by atoms with Crippen molar-refractivity contribution >= 4 is 11.4 Å². The van der Waals surface area contributed by atoms with E-state index in [1.807, 2.05) is 6.07 Å². The third-order valence-corrected chi connectivity index (χ3v) is 6.95. The van der Waals surface area contributed by atoms with Crippen molar-refractivity contribution < 1.29 is 18.3 Å². The van der Waals surface area contributed by atoms with Crippen molar-refractivity contribution in [1.82, 2.24) is 4.90 Å². The summed E-state index contributed by atoms with van der Waals surface area (Å²) in [4.78, 5) is 4.61. The molecule has 3 aromatic rings. The Kier molecular flexibility index (Phi) is 6.13. The van der Waals surface area contributed by atoms with Gasteiger partial charge in [-0.25, -0.2) is 13.2 Å². The number of hydrogen-bond acceptors (Lipinski definition) is 3. The maximum Gasteiger partial charge on any atom is 0.123 e. The number of likely N-dealkylation sites (tertiary alicyclic amines) is 1. The minimum absolute atomic E-state index is 0.163. The summed E-state index contributed by atoms with van der Waals surface area (Å²) in [6.45, 7) is 2.55. The number of piperidine rings is 1. The molecule has 172 valence electrons. The van der Waals surface area contributed by atoms with Crippen molar-refractivity contribution in [1.29, 1.82) is 0 Å². The summed E-state index contributed by atoms with van der Waals surface area (Å²) >= 11 is 0. The molecule has 5 rings (SSSR count). The fourth-order valence-corrected chi connectivity index (χ4v) is 5.34. The van der Waals surface area contributed by atoms with Crippen LogP contribution in [0.1, 0.15) is 42.4 Å². The molecule has 0 saturated carbocycles. The lowest BCUT2D eigenvalue weighted by Gasteiger charge is -2.39. The first-order valence-corrected chi connectivity index (χ1v) is 11.5. The Hall–Kier alpha value is -2.83. The van der Waals surface area contributed by atoms with Crippen LogP contribution in [0.5, 0.6) is 0 Å². The highest BCUT2D eigenvalue weighted by Crippen LogP contribution is 2.48. The molecule has 2 unspecified atom stereocenters. The normalized spacial score (nSPS) is 21.0. The van der Waals surface area contributed by atoms with E-state index in [4.69, 9.17) is 0 Å². The predicted molar refractivity (Wildman–Crippen MR) is 123 cm³/mol. The summed E-state index contributed by atoms with van der Waals surface area (Å²) in [6.07, 6.45) is 1.72. The van der Waals surface area contributed by atoms with Crippen molar-refractivity contribution in [3.05, 3.63) is 95.3 Å². The van der Waals surface area contributed by atoms with E-state index in [-0.39, 0.29) is 29.4 Å². The maximum atomic E-state index is 14.1. The van der Waals surface area contributed by atoms with Crippen molar-refractivity contribution in [3.8, 4) is 0 Å². The van der Waals surface area contributed by atoms with Gasteiger partial charge >= 0.3 is 0 Å². The summed E-state index contributed by atoms with van der Waals surface area (Å²) in [6, 6.07) is 17.6. The fourth-order valence-electron chi connectivity index (χ4n) is 5.34. The zero-order chi connectivity index (χ0) is 22.9. The lowest BCUT2D eigenvalue weighted by molar-refractivity contribution is 0.145. The zero-order valence-corrected chi connectivity index (χ0v) is 18.3. The van der Waals surface area contributed by atoms with Crippen LogP contribution in [0.25, 0.3) is 0 Å². The average Bonchev–Trinajstić information content (AvgIpc) is 3.13. The van der Waals surface area contributed by atoms with Gasteiger partial charge in [0.05, 0.1) is 6.10 Å². The third kappa shape index (κ3) is 4.50. The Morgan fingerprint density at radius 1 is 0.879 bits per heavy atom. The topological polar surface area (TPSA) is 26.7 Å². The van der Waals surface area contributed by atoms with Gasteiger partial charge in [-0.15, -0.1) is 0 Å². The summed E-state index contributed by atoms with van der Waals surface area (Å²) in [7, 11) is 0. The zero-order valence-electron chi connectivity index (χ0n) is 18.3. The second-order valence-corrected chi connectivity index (χ2v) is 9.02. The largest absolute Gasteiger partial charge is 0.388 e. The van der Waals surface area contributed by atoms with E-state index < -0.39 is 6.10 Å². The van der Waals surface area contributed by atoms with Gasteiger partial charge in [-0.3, -0.25) is 0 Å². The number of aliphatic hydroxyl groups is 1. The van der Waals surface area contributed by atoms with Crippen LogP contribution >= 0.6 is 0 Å². The Balaban J connectivity index is 1.27. The van der Waals surface area contributed by atoms with Gasteiger partial charge in [-0.05, 0) is 91.5 Å². The Morgan fingerprint density at radius 2 is 1.55 bits per heavy atom. The monoisotopic (exact) mass is 452 g/mol. The molecule has 0 aromatic heterocycles. The number of hydrogen-bond donors (Lipinski definition) is 1. The van der Waals surface area contributed by atoms with E-state index in [1.54, 1.807) is 30.3 Å². The summed E-state index contributed by atoms with van der Waals surface area (Å²) < 4.78 is 40.7. The maximum absolute atomic E-state index is 14.1. The first-order valence-electron chi connectivity index (χ1n) is 11.5. The van der Waals surface area contributed by atoms with Gasteiger partial charge in [-0.1, -0.05) is 12.1 Å². The lowest BCUT2D eigenvalue weighted by atomic mass is 9.88. The van der Waals surface area contributed by atoms with Gasteiger partial charge in [-0.2, -0.15) is 0 Å². The van der Waals surface area contributed by atoms with Gasteiger partial charge in [0, 0.05) is 36.4 Å². The Morgan fingerprint density at radius 3 is 2.27 bits per heavy atom. The number of rotatable bonds is 6. The minimum atomic E-state index is -0.613. The van der Waals surface area contributed by atoms with Gasteiger partial charge in [0.15, 0.2) is 0 Å². The molecule has 33 heavy (non-hydrogen) atoms. The Bertz CT molecular complexity index is 1100. The SMILES string of the molecule is OC(CCCN1CC[C@@H]2C(C1)c1cc(F)ccc1N2c1ccc(F)cc1)c1ccc(F)cc1. The Labute approximate surface area is 192 Å². The second kappa shape index (κ2) is 9.20. The molecule has 1 fully saturated rings. The van der Waals surface area contributed by atoms with Crippen LogP contribution < -0.4 is 4.90 Å². The van der Waals surface area contributed by atoms with Crippen LogP contribution in [0.4, 0.5) is 24.5 Å². The molecule has 2 aliphatic rings. The van der Waals surface area contributed by atoms with Crippen molar-refractivity contribution in [2.24, 2.45) is 0 Å². The predicted octanol–water partition coefficient (Wildman–Crippen LogP) is 5.93. The highest BCUT2D eigenvalue weighted by Gasteiger charge is 2.42. The van der Waals surface area contributed by atoms with Crippen molar-refractivity contribution in [2.75, 3.05) is 24.5 Å². The van der Waals surface area contributed by atoms with Crippen LogP contribution in [0.2, 0.25) is 0 Å². The summed E-state index contributed by atoms with van der Waals surface area (Å²) in [5.74, 6) is -0.659. The van der Waals surface area contributed by atoms with E-state index >= 15 is 0 Å². The van der Waals surface area contributed by atoms with Crippen LogP contribution in [0, 0.1) is 17.5 Å². The van der Waals surface area contributed by atoms with E-state index in [9.17, 15) is 18.3 Å². The molecular weight excluding hydrogens is 425 g/mol. The van der Waals surface area contributed by atoms with E-state index in [0.29, 0.717) is 6.42 Å². The van der Waals surface area contributed by atoms with Gasteiger partial charge in [0.25, 0.3) is 0 Å². The number of benzene rings is 3. The molecule has 0 bridgehead atoms. The first kappa shape index (κ1) is 22.0. The molecule has 3 atom stereocenters. The fraction of sp³-hybridized carbons (Fsp3) is 0.333. The summed E-state index contributed by atoms with van der Waals surface area (Å²) in [5, 5.41) is 10.4. The molecule has 3 aromatic carbocycles. The quantitative estimate of drug-likeness (QED) is 0.502. The molecule has 1 N–H and O–H groups in total. The first-order chi connectivity index (χ1) is 16.0. The number of fused-ring (bicyclic) bond motifs is 3. The van der Waals surface area contributed by atoms with Crippen molar-refractivity contribution in [2.45, 2.75) is 37.3 Å². The van der Waals surface area contributed by atoms with Crippen LogP contribution in [0.15, 0.2) is 66.7 Å². The molecule has 3 nitrogen and oxygen atoms in total. The standard InChI is InChI=1S/C27H27F3N2O/c28-19-5-3-18(4-6-19)27(33)2-1-14-31-15-13-26-24(17-31)23-16-21(30)9-12-25(23)32(26)22-10-7-20(29)8-11-22/h3-12,16,24,26-27,33H,1-2,13-15,17H2/t24?,26-,27?/m1/s1. The summed E-state index contributed by atoms with van der Waals surface area (Å²) in [5.41, 5.74) is 3.64. The number of aliphatic hydroxyl groups excluding tert-OH is 1. The highest BCUT2D eigenvalue weighted by molar-refractivity contribution is 5.73. The minimum Gasteiger partial charge on any atom is -0.388 e. The number of anilines is 2. The van der Waals surface area contributed by atoms with Gasteiger partial charge < -0.3 is 14.9 Å². The van der Waals surface area contributed by atoms with Crippen LogP contribution in [-0.4, -0.2) is 35.7 Å². The van der Waals surface area contributed by atoms with Gasteiger partial charge in [0.1, 0.15) is 17.5 Å². The number of nitrogens with zero attached hydrogens (tertiary/aromatic N) is 2. The smallest absolute Gasteiger partial charge is 0.123 e. The molecule has 2 aliphatic heterocycles. The molecule has 0 spiro atoms. The van der Waals surface area contributed by atoms with Crippen LogP contribution in [-0.2, 0) is 0 Å². The highest BCUT2D eigenvalue weighted by atomic mass is 19.1. The molecule has 2 heterocycles. The molecule has 1 saturated heterocycles. The molecule has 0 radical (unpaired) electrons. The molecular formula is C27H27F3N2O. The van der Waals surface area contributed by atoms with Crippen LogP contribution in [0.3, 0.4) is 0 Å². The van der Waals surface area contributed by atoms with E-state index in [0.717, 1.165) is 55.0 Å². The van der Waals surface area contributed by atoms with E-state index in [2.05, 4.69) is 9.80 Å². The molecule has 0 aliphatic carbocycles. The van der Waals surface area contributed by atoms with Gasteiger partial charge in [0.2, 0.25) is 0 Å².